The third-order valence-electron chi connectivity index (χ3n) is 4.57. The molecular formula is C17H25NO4. The van der Waals surface area contributed by atoms with Crippen LogP contribution in [0.1, 0.15) is 79.0 Å². The van der Waals surface area contributed by atoms with E-state index in [1.54, 1.807) is 6.92 Å². The number of furan rings is 1. The first-order valence-electron chi connectivity index (χ1n) is 8.09. The van der Waals surface area contributed by atoms with Gasteiger partial charge in [0, 0.05) is 19.0 Å². The van der Waals surface area contributed by atoms with Crippen molar-refractivity contribution in [2.24, 2.45) is 5.41 Å². The molecular weight excluding hydrogens is 282 g/mol. The Hall–Kier alpha value is -1.78. The number of amides is 1. The highest BCUT2D eigenvalue weighted by atomic mass is 16.4. The highest BCUT2D eigenvalue weighted by Crippen LogP contribution is 2.33. The van der Waals surface area contributed by atoms with Crippen molar-refractivity contribution in [3.05, 3.63) is 23.2 Å². The molecule has 1 heterocycles. The maximum absolute atomic E-state index is 12.2. The Morgan fingerprint density at radius 3 is 2.41 bits per heavy atom. The minimum absolute atomic E-state index is 0.0772. The number of nitrogens with one attached hydrogen (secondary N) is 1. The molecule has 1 aliphatic carbocycles. The molecule has 1 aromatic rings. The van der Waals surface area contributed by atoms with E-state index in [4.69, 9.17) is 9.52 Å². The lowest BCUT2D eigenvalue weighted by Gasteiger charge is -2.28. The number of carbonyl (C=O) groups excluding carboxylic acids is 1. The molecule has 0 unspecified atom stereocenters. The van der Waals surface area contributed by atoms with E-state index in [-0.39, 0.29) is 22.6 Å². The first-order valence-corrected chi connectivity index (χ1v) is 8.09. The van der Waals surface area contributed by atoms with Gasteiger partial charge in [0.15, 0.2) is 5.76 Å². The molecule has 1 saturated carbocycles. The summed E-state index contributed by atoms with van der Waals surface area (Å²) >= 11 is 0. The molecule has 122 valence electrons. The molecule has 5 heteroatoms. The van der Waals surface area contributed by atoms with E-state index in [9.17, 15) is 9.59 Å². The lowest BCUT2D eigenvalue weighted by Crippen LogP contribution is -2.35. The predicted octanol–water partition coefficient (Wildman–Crippen LogP) is 3.63. The summed E-state index contributed by atoms with van der Waals surface area (Å²) in [5, 5.41) is 12.0. The Bertz CT molecular complexity index is 539. The molecule has 0 atom stereocenters. The topological polar surface area (TPSA) is 79.5 Å². The summed E-state index contributed by atoms with van der Waals surface area (Å²) in [6.07, 6.45) is 7.63. The van der Waals surface area contributed by atoms with Gasteiger partial charge in [-0.05, 0) is 18.3 Å². The van der Waals surface area contributed by atoms with Gasteiger partial charge in [0.2, 0.25) is 0 Å². The van der Waals surface area contributed by atoms with Crippen LogP contribution in [0.25, 0.3) is 0 Å². The summed E-state index contributed by atoms with van der Waals surface area (Å²) in [6.45, 7) is 4.62. The molecule has 2 N–H and O–H groups in total. The van der Waals surface area contributed by atoms with Crippen LogP contribution in [0.3, 0.4) is 0 Å². The van der Waals surface area contributed by atoms with E-state index in [1.807, 2.05) is 0 Å². The van der Waals surface area contributed by atoms with E-state index in [1.165, 1.54) is 31.7 Å². The van der Waals surface area contributed by atoms with Crippen molar-refractivity contribution in [2.75, 3.05) is 6.54 Å². The maximum atomic E-state index is 12.2. The zero-order valence-electron chi connectivity index (χ0n) is 13.4. The van der Waals surface area contributed by atoms with E-state index < -0.39 is 5.97 Å². The zero-order valence-corrected chi connectivity index (χ0v) is 13.4. The maximum Gasteiger partial charge on any atom is 0.339 e. The van der Waals surface area contributed by atoms with Gasteiger partial charge in [0.25, 0.3) is 5.91 Å². The van der Waals surface area contributed by atoms with Gasteiger partial charge >= 0.3 is 5.97 Å². The summed E-state index contributed by atoms with van der Waals surface area (Å²) in [7, 11) is 0. The van der Waals surface area contributed by atoms with Crippen molar-refractivity contribution in [1.82, 2.24) is 5.32 Å². The van der Waals surface area contributed by atoms with Crippen LogP contribution in [0.15, 0.2) is 10.5 Å². The molecule has 0 aliphatic heterocycles. The lowest BCUT2D eigenvalue weighted by molar-refractivity contribution is 0.0694. The second-order valence-electron chi connectivity index (χ2n) is 6.51. The van der Waals surface area contributed by atoms with Gasteiger partial charge in [0.05, 0.1) is 0 Å². The van der Waals surface area contributed by atoms with E-state index >= 15 is 0 Å². The fourth-order valence-corrected chi connectivity index (χ4v) is 3.12. The number of aryl methyl sites for hydroxylation is 1. The second kappa shape index (κ2) is 6.99. The standard InChI is InChI=1S/C17H25NO4/c1-3-13-12(16(20)21)10-14(22-13)15(19)18-11-17(2)8-6-4-5-7-9-17/h10H,3-9,11H2,1-2H3,(H,18,19)(H,20,21). The summed E-state index contributed by atoms with van der Waals surface area (Å²) in [5.41, 5.74) is 0.204. The monoisotopic (exact) mass is 307 g/mol. The van der Waals surface area contributed by atoms with Crippen LogP contribution in [0, 0.1) is 5.41 Å². The van der Waals surface area contributed by atoms with Crippen LogP contribution < -0.4 is 5.32 Å². The average Bonchev–Trinajstić information content (AvgIpc) is 2.82. The van der Waals surface area contributed by atoms with Crippen LogP contribution in [0.4, 0.5) is 0 Å². The fourth-order valence-electron chi connectivity index (χ4n) is 3.12. The van der Waals surface area contributed by atoms with E-state index in [2.05, 4.69) is 12.2 Å². The lowest BCUT2D eigenvalue weighted by atomic mass is 9.82. The number of carboxylic acids is 1. The average molecular weight is 307 g/mol. The molecule has 0 bridgehead atoms. The molecule has 0 saturated heterocycles. The van der Waals surface area contributed by atoms with Crippen molar-refractivity contribution in [1.29, 1.82) is 0 Å². The van der Waals surface area contributed by atoms with Crippen molar-refractivity contribution in [3.63, 3.8) is 0 Å². The largest absolute Gasteiger partial charge is 0.478 e. The molecule has 0 aromatic carbocycles. The van der Waals surface area contributed by atoms with Crippen molar-refractivity contribution in [2.45, 2.75) is 58.8 Å². The van der Waals surface area contributed by atoms with Crippen LogP contribution in [-0.4, -0.2) is 23.5 Å². The van der Waals surface area contributed by atoms with Gasteiger partial charge in [-0.2, -0.15) is 0 Å². The molecule has 5 nitrogen and oxygen atoms in total. The first kappa shape index (κ1) is 16.6. The second-order valence-corrected chi connectivity index (χ2v) is 6.51. The Balaban J connectivity index is 2.01. The molecule has 1 aromatic heterocycles. The fraction of sp³-hybridized carbons (Fsp3) is 0.647. The molecule has 0 radical (unpaired) electrons. The van der Waals surface area contributed by atoms with Crippen LogP contribution in [0.5, 0.6) is 0 Å². The summed E-state index contributed by atoms with van der Waals surface area (Å²) in [5.74, 6) is -0.951. The third-order valence-corrected chi connectivity index (χ3v) is 4.57. The van der Waals surface area contributed by atoms with Gasteiger partial charge in [-0.3, -0.25) is 4.79 Å². The Morgan fingerprint density at radius 1 is 1.27 bits per heavy atom. The van der Waals surface area contributed by atoms with Crippen molar-refractivity contribution < 1.29 is 19.1 Å². The Morgan fingerprint density at radius 2 is 1.91 bits per heavy atom. The smallest absolute Gasteiger partial charge is 0.339 e. The number of aromatic carboxylic acids is 1. The van der Waals surface area contributed by atoms with Crippen LogP contribution in [0.2, 0.25) is 0 Å². The Labute approximate surface area is 131 Å². The normalized spacial score (nSPS) is 17.7. The highest BCUT2D eigenvalue weighted by Gasteiger charge is 2.27. The van der Waals surface area contributed by atoms with Crippen LogP contribution >= 0.6 is 0 Å². The van der Waals surface area contributed by atoms with Gasteiger partial charge in [-0.15, -0.1) is 0 Å². The summed E-state index contributed by atoms with van der Waals surface area (Å²) < 4.78 is 5.39. The van der Waals surface area contributed by atoms with Crippen molar-refractivity contribution >= 4 is 11.9 Å². The minimum atomic E-state index is -1.06. The molecule has 1 amide bonds. The molecule has 1 fully saturated rings. The summed E-state index contributed by atoms with van der Waals surface area (Å²) in [4.78, 5) is 23.3. The molecule has 0 spiro atoms. The quantitative estimate of drug-likeness (QED) is 0.814. The van der Waals surface area contributed by atoms with Crippen LogP contribution in [-0.2, 0) is 6.42 Å². The number of carbonyl (C=O) groups is 2. The highest BCUT2D eigenvalue weighted by molar-refractivity contribution is 5.96. The number of carboxylic acid groups (broad SMARTS) is 1. The van der Waals surface area contributed by atoms with Gasteiger partial charge in [-0.1, -0.05) is 39.5 Å². The summed E-state index contributed by atoms with van der Waals surface area (Å²) in [6, 6.07) is 1.33. The van der Waals surface area contributed by atoms with E-state index in [0.717, 1.165) is 12.8 Å². The van der Waals surface area contributed by atoms with Gasteiger partial charge < -0.3 is 14.8 Å². The van der Waals surface area contributed by atoms with Gasteiger partial charge in [-0.25, -0.2) is 4.79 Å². The zero-order chi connectivity index (χ0) is 16.2. The molecule has 22 heavy (non-hydrogen) atoms. The number of hydrogen-bond acceptors (Lipinski definition) is 3. The molecule has 1 aliphatic rings. The van der Waals surface area contributed by atoms with E-state index in [0.29, 0.717) is 18.7 Å². The number of rotatable bonds is 5. The SMILES string of the molecule is CCc1oc(C(=O)NCC2(C)CCCCCC2)cc1C(=O)O. The predicted molar refractivity (Wildman–Crippen MR) is 83.2 cm³/mol. The Kier molecular flexibility index (Phi) is 5.27. The molecule has 2 rings (SSSR count). The van der Waals surface area contributed by atoms with Crippen molar-refractivity contribution in [3.8, 4) is 0 Å². The van der Waals surface area contributed by atoms with Gasteiger partial charge in [0.1, 0.15) is 11.3 Å². The third kappa shape index (κ3) is 3.90. The minimum Gasteiger partial charge on any atom is -0.478 e. The first-order chi connectivity index (χ1) is 10.4. The number of hydrogen-bond donors (Lipinski definition) is 2.